The monoisotopic (exact) mass is 429 g/mol. The van der Waals surface area contributed by atoms with Crippen LogP contribution in [0.3, 0.4) is 0 Å². The lowest BCUT2D eigenvalue weighted by Gasteiger charge is -2.16. The summed E-state index contributed by atoms with van der Waals surface area (Å²) >= 11 is 5.75. The van der Waals surface area contributed by atoms with E-state index in [1.807, 2.05) is 30.3 Å². The summed E-state index contributed by atoms with van der Waals surface area (Å²) < 4.78 is 4.99. The molecule has 0 aliphatic carbocycles. The number of likely N-dealkylation sites (tertiary alicyclic amines) is 1. The van der Waals surface area contributed by atoms with Gasteiger partial charge in [-0.05, 0) is 29.8 Å². The number of ether oxygens (including phenoxy) is 1. The summed E-state index contributed by atoms with van der Waals surface area (Å²) in [5.74, 6) is -2.63. The van der Waals surface area contributed by atoms with Gasteiger partial charge in [0, 0.05) is 30.1 Å². The minimum absolute atomic E-state index is 0.0423. The van der Waals surface area contributed by atoms with Crippen LogP contribution < -0.4 is 10.9 Å². The molecule has 1 saturated heterocycles. The summed E-state index contributed by atoms with van der Waals surface area (Å²) in [7, 11) is 0. The third kappa shape index (κ3) is 5.81. The number of carbonyl (C=O) groups is 4. The van der Waals surface area contributed by atoms with E-state index in [-0.39, 0.29) is 18.9 Å². The number of esters is 1. The first-order valence-corrected chi connectivity index (χ1v) is 9.63. The molecule has 3 rings (SSSR count). The molecular weight excluding hydrogens is 410 g/mol. The molecule has 1 aliphatic heterocycles. The number of carbonyl (C=O) groups excluding carboxylic acids is 4. The zero-order valence-corrected chi connectivity index (χ0v) is 16.7. The molecule has 0 bridgehead atoms. The third-order valence-corrected chi connectivity index (χ3v) is 4.78. The Kier molecular flexibility index (Phi) is 7.03. The molecular formula is C21H20ClN3O5. The van der Waals surface area contributed by atoms with E-state index in [1.165, 1.54) is 12.1 Å². The summed E-state index contributed by atoms with van der Waals surface area (Å²) in [6.07, 6.45) is 0.0423. The van der Waals surface area contributed by atoms with E-state index in [1.54, 1.807) is 17.0 Å². The van der Waals surface area contributed by atoms with Crippen LogP contribution in [0, 0.1) is 5.92 Å². The van der Waals surface area contributed by atoms with Gasteiger partial charge in [-0.25, -0.2) is 0 Å². The molecule has 2 N–H and O–H groups in total. The number of amides is 3. The predicted molar refractivity (Wildman–Crippen MR) is 108 cm³/mol. The fraction of sp³-hybridized carbons (Fsp3) is 0.238. The Bertz CT molecular complexity index is 933. The van der Waals surface area contributed by atoms with Gasteiger partial charge in [0.2, 0.25) is 5.91 Å². The molecule has 2 aromatic rings. The molecule has 1 atom stereocenters. The third-order valence-electron chi connectivity index (χ3n) is 4.53. The maximum Gasteiger partial charge on any atom is 0.311 e. The molecule has 0 spiro atoms. The average molecular weight is 430 g/mol. The number of nitrogens with zero attached hydrogens (tertiary/aromatic N) is 1. The van der Waals surface area contributed by atoms with E-state index in [4.69, 9.17) is 16.3 Å². The number of nitrogens with one attached hydrogen (secondary N) is 2. The van der Waals surface area contributed by atoms with E-state index < -0.39 is 30.3 Å². The fourth-order valence-electron chi connectivity index (χ4n) is 2.98. The molecule has 0 saturated carbocycles. The summed E-state index contributed by atoms with van der Waals surface area (Å²) in [6, 6.07) is 15.6. The SMILES string of the molecule is O=C(COC(=O)[C@@H]1CC(=O)N(Cc2ccccc2)C1)NNC(=O)c1ccc(Cl)cc1. The maximum absolute atomic E-state index is 12.2. The summed E-state index contributed by atoms with van der Waals surface area (Å²) in [5.41, 5.74) is 5.66. The molecule has 0 unspecified atom stereocenters. The van der Waals surface area contributed by atoms with E-state index >= 15 is 0 Å². The van der Waals surface area contributed by atoms with Gasteiger partial charge in [0.1, 0.15) is 0 Å². The zero-order valence-electron chi connectivity index (χ0n) is 16.0. The average Bonchev–Trinajstić information content (AvgIpc) is 3.11. The Hall–Kier alpha value is -3.39. The molecule has 0 aromatic heterocycles. The molecule has 9 heteroatoms. The fourth-order valence-corrected chi connectivity index (χ4v) is 3.10. The van der Waals surface area contributed by atoms with Crippen molar-refractivity contribution in [2.24, 2.45) is 5.92 Å². The molecule has 156 valence electrons. The lowest BCUT2D eigenvalue weighted by Crippen LogP contribution is -2.43. The largest absolute Gasteiger partial charge is 0.455 e. The number of rotatable bonds is 6. The molecule has 0 radical (unpaired) electrons. The molecule has 3 amide bonds. The Balaban J connectivity index is 1.40. The van der Waals surface area contributed by atoms with Gasteiger partial charge in [0.15, 0.2) is 6.61 Å². The second-order valence-electron chi connectivity index (χ2n) is 6.78. The van der Waals surface area contributed by atoms with Gasteiger partial charge in [0.25, 0.3) is 11.8 Å². The van der Waals surface area contributed by atoms with Crippen molar-refractivity contribution in [1.82, 2.24) is 15.8 Å². The van der Waals surface area contributed by atoms with Crippen LogP contribution >= 0.6 is 11.6 Å². The first kappa shape index (κ1) is 21.3. The second-order valence-corrected chi connectivity index (χ2v) is 7.21. The topological polar surface area (TPSA) is 105 Å². The smallest absolute Gasteiger partial charge is 0.311 e. The van der Waals surface area contributed by atoms with Crippen LogP contribution in [0.5, 0.6) is 0 Å². The molecule has 8 nitrogen and oxygen atoms in total. The van der Waals surface area contributed by atoms with Crippen molar-refractivity contribution in [3.8, 4) is 0 Å². The highest BCUT2D eigenvalue weighted by Crippen LogP contribution is 2.21. The van der Waals surface area contributed by atoms with Gasteiger partial charge in [-0.15, -0.1) is 0 Å². The van der Waals surface area contributed by atoms with Crippen LogP contribution in [0.1, 0.15) is 22.3 Å². The number of hydrogen-bond acceptors (Lipinski definition) is 5. The zero-order chi connectivity index (χ0) is 21.5. The number of hydrogen-bond donors (Lipinski definition) is 2. The highest BCUT2D eigenvalue weighted by molar-refractivity contribution is 6.30. The van der Waals surface area contributed by atoms with Gasteiger partial charge in [-0.1, -0.05) is 41.9 Å². The minimum Gasteiger partial charge on any atom is -0.455 e. The first-order chi connectivity index (χ1) is 14.4. The van der Waals surface area contributed by atoms with Gasteiger partial charge >= 0.3 is 5.97 Å². The van der Waals surface area contributed by atoms with Gasteiger partial charge in [-0.2, -0.15) is 0 Å². The van der Waals surface area contributed by atoms with Crippen molar-refractivity contribution >= 4 is 35.3 Å². The molecule has 1 heterocycles. The molecule has 30 heavy (non-hydrogen) atoms. The van der Waals surface area contributed by atoms with E-state index in [9.17, 15) is 19.2 Å². The standard InChI is InChI=1S/C21H20ClN3O5/c22-17-8-6-15(7-9-17)20(28)24-23-18(26)13-30-21(29)16-10-19(27)25(12-16)11-14-4-2-1-3-5-14/h1-9,16H,10-13H2,(H,23,26)(H,24,28)/t16-/m1/s1. The van der Waals surface area contributed by atoms with E-state index in [2.05, 4.69) is 10.9 Å². The summed E-state index contributed by atoms with van der Waals surface area (Å²) in [4.78, 5) is 49.7. The Labute approximate surface area is 178 Å². The van der Waals surface area contributed by atoms with Crippen molar-refractivity contribution in [3.63, 3.8) is 0 Å². The van der Waals surface area contributed by atoms with Crippen molar-refractivity contribution in [2.75, 3.05) is 13.2 Å². The molecule has 2 aromatic carbocycles. The van der Waals surface area contributed by atoms with Crippen LogP contribution in [0.4, 0.5) is 0 Å². The van der Waals surface area contributed by atoms with Crippen molar-refractivity contribution < 1.29 is 23.9 Å². The van der Waals surface area contributed by atoms with Crippen LogP contribution in [-0.4, -0.2) is 41.7 Å². The number of benzene rings is 2. The van der Waals surface area contributed by atoms with Crippen molar-refractivity contribution in [1.29, 1.82) is 0 Å². The maximum atomic E-state index is 12.2. The number of halogens is 1. The highest BCUT2D eigenvalue weighted by Gasteiger charge is 2.35. The van der Waals surface area contributed by atoms with Crippen molar-refractivity contribution in [3.05, 3.63) is 70.7 Å². The second kappa shape index (κ2) is 9.89. The summed E-state index contributed by atoms with van der Waals surface area (Å²) in [5, 5.41) is 0.482. The van der Waals surface area contributed by atoms with Gasteiger partial charge in [0.05, 0.1) is 5.92 Å². The van der Waals surface area contributed by atoms with Crippen LogP contribution in [0.25, 0.3) is 0 Å². The Morgan fingerprint density at radius 2 is 1.73 bits per heavy atom. The number of hydrazine groups is 1. The molecule has 1 aliphatic rings. The van der Waals surface area contributed by atoms with E-state index in [0.717, 1.165) is 5.56 Å². The predicted octanol–water partition coefficient (Wildman–Crippen LogP) is 1.69. The quantitative estimate of drug-likeness (QED) is 0.537. The Morgan fingerprint density at radius 1 is 1.03 bits per heavy atom. The van der Waals surface area contributed by atoms with Crippen LogP contribution in [0.15, 0.2) is 54.6 Å². The van der Waals surface area contributed by atoms with Crippen LogP contribution in [-0.2, 0) is 25.7 Å². The lowest BCUT2D eigenvalue weighted by atomic mass is 10.1. The lowest BCUT2D eigenvalue weighted by molar-refractivity contribution is -0.152. The Morgan fingerprint density at radius 3 is 2.43 bits per heavy atom. The van der Waals surface area contributed by atoms with Crippen molar-refractivity contribution in [2.45, 2.75) is 13.0 Å². The van der Waals surface area contributed by atoms with Gasteiger partial charge in [-0.3, -0.25) is 30.0 Å². The first-order valence-electron chi connectivity index (χ1n) is 9.25. The molecule has 1 fully saturated rings. The summed E-state index contributed by atoms with van der Waals surface area (Å²) in [6.45, 7) is 0.0886. The van der Waals surface area contributed by atoms with Crippen LogP contribution in [0.2, 0.25) is 5.02 Å². The van der Waals surface area contributed by atoms with Gasteiger partial charge < -0.3 is 9.64 Å². The minimum atomic E-state index is -0.698. The normalized spacial score (nSPS) is 15.6. The van der Waals surface area contributed by atoms with E-state index in [0.29, 0.717) is 17.1 Å². The highest BCUT2D eigenvalue weighted by atomic mass is 35.5.